The van der Waals surface area contributed by atoms with E-state index in [1.54, 1.807) is 0 Å². The monoisotopic (exact) mass is 226 g/mol. The van der Waals surface area contributed by atoms with Gasteiger partial charge in [0.05, 0.1) is 0 Å². The molecule has 0 aromatic rings. The van der Waals surface area contributed by atoms with Crippen molar-refractivity contribution >= 4 is 0 Å². The van der Waals surface area contributed by atoms with E-state index in [1.165, 1.54) is 44.9 Å². The standard InChI is InChI=1S/C17H22/c1-3-12-5-7-16-14(9-12)11-15-10-13(4-2)6-8-17(15)16/h1-2,12-17H,5-11H2. The molecule has 3 rings (SSSR count). The summed E-state index contributed by atoms with van der Waals surface area (Å²) in [6.07, 6.45) is 20.6. The Morgan fingerprint density at radius 1 is 0.647 bits per heavy atom. The Morgan fingerprint density at radius 2 is 1.12 bits per heavy atom. The number of fused-ring (bicyclic) bond motifs is 3. The number of rotatable bonds is 0. The van der Waals surface area contributed by atoms with Crippen LogP contribution in [0, 0.1) is 60.2 Å². The minimum absolute atomic E-state index is 0.569. The van der Waals surface area contributed by atoms with E-state index >= 15 is 0 Å². The van der Waals surface area contributed by atoms with Crippen LogP contribution in [0.3, 0.4) is 0 Å². The van der Waals surface area contributed by atoms with Gasteiger partial charge in [-0.25, -0.2) is 0 Å². The van der Waals surface area contributed by atoms with Gasteiger partial charge in [-0.1, -0.05) is 0 Å². The zero-order chi connectivity index (χ0) is 11.8. The first-order valence-electron chi connectivity index (χ1n) is 7.24. The molecular weight excluding hydrogens is 204 g/mol. The molecule has 0 heteroatoms. The van der Waals surface area contributed by atoms with Crippen LogP contribution in [0.4, 0.5) is 0 Å². The first kappa shape index (κ1) is 11.2. The van der Waals surface area contributed by atoms with Gasteiger partial charge in [-0.3, -0.25) is 0 Å². The predicted octanol–water partition coefficient (Wildman–Crippen LogP) is 3.72. The van der Waals surface area contributed by atoms with Crippen LogP contribution in [0.2, 0.25) is 0 Å². The highest BCUT2D eigenvalue weighted by Crippen LogP contribution is 2.55. The van der Waals surface area contributed by atoms with Crippen LogP contribution < -0.4 is 0 Å². The summed E-state index contributed by atoms with van der Waals surface area (Å²) in [6.45, 7) is 0. The molecule has 3 aliphatic rings. The summed E-state index contributed by atoms with van der Waals surface area (Å²) in [5.41, 5.74) is 0. The predicted molar refractivity (Wildman–Crippen MR) is 70.9 cm³/mol. The van der Waals surface area contributed by atoms with Gasteiger partial charge in [-0.15, -0.1) is 24.7 Å². The smallest absolute Gasteiger partial charge is 0.0203 e. The van der Waals surface area contributed by atoms with Crippen LogP contribution in [0.25, 0.3) is 0 Å². The number of terminal acetylenes is 2. The fourth-order valence-corrected chi connectivity index (χ4v) is 4.94. The average molecular weight is 226 g/mol. The van der Waals surface area contributed by atoms with Gasteiger partial charge in [-0.2, -0.15) is 0 Å². The van der Waals surface area contributed by atoms with Crippen LogP contribution in [0.5, 0.6) is 0 Å². The van der Waals surface area contributed by atoms with E-state index in [4.69, 9.17) is 12.8 Å². The summed E-state index contributed by atoms with van der Waals surface area (Å²) >= 11 is 0. The molecule has 6 unspecified atom stereocenters. The SMILES string of the molecule is C#CC1CCC2C(C1)CC1CC(C#C)CCC12. The molecule has 0 amide bonds. The molecule has 6 atom stereocenters. The van der Waals surface area contributed by atoms with Gasteiger partial charge in [0.15, 0.2) is 0 Å². The molecule has 0 aliphatic heterocycles. The summed E-state index contributed by atoms with van der Waals surface area (Å²) in [4.78, 5) is 0. The fourth-order valence-electron chi connectivity index (χ4n) is 4.94. The van der Waals surface area contributed by atoms with E-state index in [0.717, 1.165) is 23.7 Å². The van der Waals surface area contributed by atoms with E-state index < -0.39 is 0 Å². The summed E-state index contributed by atoms with van der Waals surface area (Å²) in [5, 5.41) is 0. The van der Waals surface area contributed by atoms with E-state index in [2.05, 4.69) is 11.8 Å². The Morgan fingerprint density at radius 3 is 1.53 bits per heavy atom. The largest absolute Gasteiger partial charge is 0.120 e. The molecule has 0 saturated heterocycles. The fraction of sp³-hybridized carbons (Fsp3) is 0.765. The molecule has 0 heterocycles. The second kappa shape index (κ2) is 4.42. The van der Waals surface area contributed by atoms with Crippen molar-refractivity contribution < 1.29 is 0 Å². The van der Waals surface area contributed by atoms with E-state index in [0.29, 0.717) is 11.8 Å². The Kier molecular flexibility index (Phi) is 2.92. The van der Waals surface area contributed by atoms with Crippen LogP contribution in [-0.2, 0) is 0 Å². The molecule has 3 fully saturated rings. The van der Waals surface area contributed by atoms with Crippen LogP contribution in [0.15, 0.2) is 0 Å². The summed E-state index contributed by atoms with van der Waals surface area (Å²) in [7, 11) is 0. The number of hydrogen-bond acceptors (Lipinski definition) is 0. The second-order valence-electron chi connectivity index (χ2n) is 6.44. The lowest BCUT2D eigenvalue weighted by Crippen LogP contribution is -2.27. The van der Waals surface area contributed by atoms with Gasteiger partial charge in [0.1, 0.15) is 0 Å². The van der Waals surface area contributed by atoms with Crippen molar-refractivity contribution in [2.45, 2.75) is 44.9 Å². The highest BCUT2D eigenvalue weighted by molar-refractivity contribution is 5.05. The Balaban J connectivity index is 1.70. The highest BCUT2D eigenvalue weighted by Gasteiger charge is 2.47. The van der Waals surface area contributed by atoms with E-state index in [-0.39, 0.29) is 0 Å². The molecule has 17 heavy (non-hydrogen) atoms. The summed E-state index contributed by atoms with van der Waals surface area (Å²) < 4.78 is 0. The molecular formula is C17H22. The zero-order valence-corrected chi connectivity index (χ0v) is 10.6. The lowest BCUT2D eigenvalue weighted by molar-refractivity contribution is 0.158. The molecule has 3 aliphatic carbocycles. The van der Waals surface area contributed by atoms with Gasteiger partial charge >= 0.3 is 0 Å². The van der Waals surface area contributed by atoms with Gasteiger partial charge in [0.25, 0.3) is 0 Å². The van der Waals surface area contributed by atoms with E-state index in [1.807, 2.05) is 0 Å². The molecule has 0 aromatic heterocycles. The minimum atomic E-state index is 0.569. The van der Waals surface area contributed by atoms with Crippen LogP contribution in [-0.4, -0.2) is 0 Å². The van der Waals surface area contributed by atoms with Crippen molar-refractivity contribution in [1.82, 2.24) is 0 Å². The zero-order valence-electron chi connectivity index (χ0n) is 10.6. The highest BCUT2D eigenvalue weighted by atomic mass is 14.5. The Labute approximate surface area is 106 Å². The van der Waals surface area contributed by atoms with Crippen molar-refractivity contribution in [1.29, 1.82) is 0 Å². The third-order valence-electron chi connectivity index (χ3n) is 5.71. The van der Waals surface area contributed by atoms with Gasteiger partial charge < -0.3 is 0 Å². The summed E-state index contributed by atoms with van der Waals surface area (Å²) in [5.74, 6) is 10.9. The van der Waals surface area contributed by atoms with Crippen LogP contribution >= 0.6 is 0 Å². The van der Waals surface area contributed by atoms with Crippen molar-refractivity contribution in [2.24, 2.45) is 35.5 Å². The third kappa shape index (κ3) is 1.89. The first-order chi connectivity index (χ1) is 8.31. The number of hydrogen-bond donors (Lipinski definition) is 0. The lowest BCUT2D eigenvalue weighted by Gasteiger charge is -2.35. The Hall–Kier alpha value is -0.880. The van der Waals surface area contributed by atoms with Crippen molar-refractivity contribution in [3.63, 3.8) is 0 Å². The minimum Gasteiger partial charge on any atom is -0.120 e. The molecule has 0 radical (unpaired) electrons. The van der Waals surface area contributed by atoms with Gasteiger partial charge in [0.2, 0.25) is 0 Å². The average Bonchev–Trinajstić information content (AvgIpc) is 2.74. The molecule has 0 nitrogen and oxygen atoms in total. The molecule has 0 bridgehead atoms. The maximum Gasteiger partial charge on any atom is 0.0203 e. The maximum atomic E-state index is 5.60. The van der Waals surface area contributed by atoms with Crippen molar-refractivity contribution in [2.75, 3.05) is 0 Å². The molecule has 0 spiro atoms. The maximum absolute atomic E-state index is 5.60. The van der Waals surface area contributed by atoms with Crippen molar-refractivity contribution in [3.8, 4) is 24.7 Å². The summed E-state index contributed by atoms with van der Waals surface area (Å²) in [6, 6.07) is 0. The van der Waals surface area contributed by atoms with Crippen molar-refractivity contribution in [3.05, 3.63) is 0 Å². The topological polar surface area (TPSA) is 0 Å². The Bertz CT molecular complexity index is 330. The quantitative estimate of drug-likeness (QED) is 0.552. The van der Waals surface area contributed by atoms with Gasteiger partial charge in [0, 0.05) is 11.8 Å². The van der Waals surface area contributed by atoms with Crippen LogP contribution in [0.1, 0.15) is 44.9 Å². The lowest BCUT2D eigenvalue weighted by atomic mass is 9.69. The van der Waals surface area contributed by atoms with Gasteiger partial charge in [-0.05, 0) is 68.6 Å². The molecule has 0 N–H and O–H groups in total. The molecule has 3 saturated carbocycles. The third-order valence-corrected chi connectivity index (χ3v) is 5.71. The molecule has 90 valence electrons. The normalized spacial score (nSPS) is 48.6. The van der Waals surface area contributed by atoms with E-state index in [9.17, 15) is 0 Å². The first-order valence-corrected chi connectivity index (χ1v) is 7.24. The molecule has 0 aromatic carbocycles. The second-order valence-corrected chi connectivity index (χ2v) is 6.44.